The van der Waals surface area contributed by atoms with Crippen molar-refractivity contribution in [3.8, 4) is 0 Å². The maximum absolute atomic E-state index is 12.0. The van der Waals surface area contributed by atoms with Gasteiger partial charge in [-0.2, -0.15) is 4.99 Å². The van der Waals surface area contributed by atoms with E-state index < -0.39 is 11.8 Å². The molecular weight excluding hydrogens is 392 g/mol. The van der Waals surface area contributed by atoms with Gasteiger partial charge in [-0.1, -0.05) is 48.9 Å². The summed E-state index contributed by atoms with van der Waals surface area (Å²) in [6, 6.07) is 17.4. The van der Waals surface area contributed by atoms with Gasteiger partial charge in [0.25, 0.3) is 0 Å². The lowest BCUT2D eigenvalue weighted by molar-refractivity contribution is 0.139. The van der Waals surface area contributed by atoms with Gasteiger partial charge in [0.05, 0.1) is 0 Å². The van der Waals surface area contributed by atoms with Crippen molar-refractivity contribution >= 4 is 23.7 Å². The van der Waals surface area contributed by atoms with Crippen LogP contribution in [0.5, 0.6) is 0 Å². The van der Waals surface area contributed by atoms with Crippen LogP contribution in [0.25, 0.3) is 0 Å². The summed E-state index contributed by atoms with van der Waals surface area (Å²) in [6.07, 6.45) is 4.67. The number of nitrogens with two attached hydrogens (primary N) is 2. The summed E-state index contributed by atoms with van der Waals surface area (Å²) in [5, 5.41) is 2.78. The van der Waals surface area contributed by atoms with Gasteiger partial charge in [-0.3, -0.25) is 4.90 Å². The number of guanidine groups is 2. The molecule has 1 amide bonds. The molecule has 1 heterocycles. The van der Waals surface area contributed by atoms with Crippen molar-refractivity contribution < 1.29 is 9.53 Å². The van der Waals surface area contributed by atoms with Gasteiger partial charge in [0.15, 0.2) is 0 Å². The normalized spacial score (nSPS) is 17.6. The highest BCUT2D eigenvalue weighted by Gasteiger charge is 2.42. The van der Waals surface area contributed by atoms with Gasteiger partial charge in [0.2, 0.25) is 11.9 Å². The van der Waals surface area contributed by atoms with E-state index in [2.05, 4.69) is 15.3 Å². The zero-order valence-corrected chi connectivity index (χ0v) is 17.5. The van der Waals surface area contributed by atoms with Crippen LogP contribution in [0.15, 0.2) is 64.6 Å². The van der Waals surface area contributed by atoms with E-state index in [1.807, 2.05) is 59.5 Å². The summed E-state index contributed by atoms with van der Waals surface area (Å²) in [5.74, 6) is 0.607. The van der Waals surface area contributed by atoms with Crippen LogP contribution in [0.2, 0.25) is 0 Å². The van der Waals surface area contributed by atoms with Crippen LogP contribution in [-0.2, 0) is 17.9 Å². The molecular formula is C23H28N6O2. The molecule has 2 aliphatic rings. The van der Waals surface area contributed by atoms with Crippen molar-refractivity contribution in [1.82, 2.24) is 5.32 Å². The van der Waals surface area contributed by atoms with Crippen molar-refractivity contribution in [3.05, 3.63) is 65.7 Å². The third kappa shape index (κ3) is 4.79. The monoisotopic (exact) mass is 420 g/mol. The summed E-state index contributed by atoms with van der Waals surface area (Å²) in [5.41, 5.74) is 14.5. The molecule has 0 saturated heterocycles. The smallest absolute Gasteiger partial charge is 0.407 e. The number of nitrogens with one attached hydrogen (secondary N) is 1. The second kappa shape index (κ2) is 9.07. The van der Waals surface area contributed by atoms with Gasteiger partial charge in [-0.05, 0) is 48.9 Å². The van der Waals surface area contributed by atoms with Crippen LogP contribution in [0.4, 0.5) is 10.5 Å². The molecule has 8 nitrogen and oxygen atoms in total. The van der Waals surface area contributed by atoms with E-state index in [4.69, 9.17) is 16.2 Å². The Bertz CT molecular complexity index is 965. The van der Waals surface area contributed by atoms with E-state index in [-0.39, 0.29) is 12.6 Å². The number of hydrogen-bond acceptors (Lipinski definition) is 7. The number of rotatable bonds is 5. The van der Waals surface area contributed by atoms with E-state index >= 15 is 0 Å². The number of nitrogens with zero attached hydrogens (tertiary/aromatic N) is 3. The van der Waals surface area contributed by atoms with Crippen LogP contribution in [0.1, 0.15) is 43.2 Å². The van der Waals surface area contributed by atoms with Crippen LogP contribution in [-0.4, -0.2) is 23.7 Å². The average molecular weight is 421 g/mol. The number of ether oxygens (including phenoxy) is 1. The molecule has 0 atom stereocenters. The number of alkyl carbamates (subject to hydrolysis) is 1. The second-order valence-electron chi connectivity index (χ2n) is 7.90. The summed E-state index contributed by atoms with van der Waals surface area (Å²) in [6.45, 7) is 0.610. The first kappa shape index (κ1) is 20.7. The minimum absolute atomic E-state index is 0.241. The summed E-state index contributed by atoms with van der Waals surface area (Å²) >= 11 is 0. The maximum Gasteiger partial charge on any atom is 0.407 e. The quantitative estimate of drug-likeness (QED) is 0.686. The fourth-order valence-electron chi connectivity index (χ4n) is 4.21. The Balaban J connectivity index is 1.38. The molecule has 1 spiro atoms. The van der Waals surface area contributed by atoms with Crippen LogP contribution >= 0.6 is 0 Å². The number of amides is 1. The molecule has 0 bridgehead atoms. The minimum atomic E-state index is -0.463. The Morgan fingerprint density at radius 1 is 1.00 bits per heavy atom. The Hall–Kier alpha value is -3.55. The predicted molar refractivity (Wildman–Crippen MR) is 121 cm³/mol. The van der Waals surface area contributed by atoms with E-state index in [1.165, 1.54) is 6.42 Å². The predicted octanol–water partition coefficient (Wildman–Crippen LogP) is 3.22. The molecule has 0 aromatic heterocycles. The minimum Gasteiger partial charge on any atom is -0.445 e. The molecule has 1 aliphatic carbocycles. The van der Waals surface area contributed by atoms with Crippen molar-refractivity contribution in [2.75, 3.05) is 4.90 Å². The Kier molecular flexibility index (Phi) is 6.06. The molecule has 2 aromatic carbocycles. The molecule has 0 unspecified atom stereocenters. The topological polar surface area (TPSA) is 118 Å². The van der Waals surface area contributed by atoms with Gasteiger partial charge >= 0.3 is 6.09 Å². The van der Waals surface area contributed by atoms with Gasteiger partial charge < -0.3 is 21.5 Å². The van der Waals surface area contributed by atoms with Crippen LogP contribution < -0.4 is 21.7 Å². The van der Waals surface area contributed by atoms with Crippen molar-refractivity contribution in [2.24, 2.45) is 21.5 Å². The van der Waals surface area contributed by atoms with Crippen molar-refractivity contribution in [3.63, 3.8) is 0 Å². The molecule has 2 aromatic rings. The number of hydrogen-bond donors (Lipinski definition) is 3. The average Bonchev–Trinajstić information content (AvgIpc) is 2.78. The largest absolute Gasteiger partial charge is 0.445 e. The molecule has 1 fully saturated rings. The lowest BCUT2D eigenvalue weighted by Crippen LogP contribution is -2.58. The van der Waals surface area contributed by atoms with E-state index in [9.17, 15) is 4.79 Å². The van der Waals surface area contributed by atoms with E-state index in [0.29, 0.717) is 12.5 Å². The van der Waals surface area contributed by atoms with E-state index in [0.717, 1.165) is 42.5 Å². The van der Waals surface area contributed by atoms with Crippen LogP contribution in [0.3, 0.4) is 0 Å². The van der Waals surface area contributed by atoms with Crippen LogP contribution in [0, 0.1) is 0 Å². The highest BCUT2D eigenvalue weighted by molar-refractivity contribution is 6.05. The maximum atomic E-state index is 12.0. The van der Waals surface area contributed by atoms with Crippen molar-refractivity contribution in [2.45, 2.75) is 50.9 Å². The Labute approximate surface area is 182 Å². The van der Waals surface area contributed by atoms with Crippen molar-refractivity contribution in [1.29, 1.82) is 0 Å². The zero-order valence-electron chi connectivity index (χ0n) is 17.5. The molecule has 162 valence electrons. The highest BCUT2D eigenvalue weighted by Crippen LogP contribution is 2.39. The number of aliphatic imine (C=N–C) groups is 2. The number of carbonyl (C=O) groups is 1. The summed E-state index contributed by atoms with van der Waals surface area (Å²) in [4.78, 5) is 22.9. The number of carbonyl (C=O) groups excluding carboxylic acids is 1. The third-order valence-electron chi connectivity index (χ3n) is 5.70. The molecule has 0 radical (unpaired) electrons. The molecule has 5 N–H and O–H groups in total. The fourth-order valence-corrected chi connectivity index (χ4v) is 4.21. The molecule has 31 heavy (non-hydrogen) atoms. The summed E-state index contributed by atoms with van der Waals surface area (Å²) in [7, 11) is 0. The molecule has 1 saturated carbocycles. The molecule has 8 heteroatoms. The second-order valence-corrected chi connectivity index (χ2v) is 7.90. The Morgan fingerprint density at radius 2 is 1.71 bits per heavy atom. The highest BCUT2D eigenvalue weighted by atomic mass is 16.5. The fraction of sp³-hybridized carbons (Fsp3) is 0.348. The summed E-state index contributed by atoms with van der Waals surface area (Å²) < 4.78 is 5.25. The van der Waals surface area contributed by atoms with Gasteiger partial charge in [-0.15, -0.1) is 0 Å². The van der Waals surface area contributed by atoms with E-state index in [1.54, 1.807) is 0 Å². The first-order chi connectivity index (χ1) is 15.1. The van der Waals surface area contributed by atoms with Gasteiger partial charge in [-0.25, -0.2) is 9.79 Å². The SMILES string of the molecule is NC1=NC2(CCCCC2)N(c2ccc(CNC(=O)OCc3ccccc3)cc2)C(N)=N1. The standard InChI is InChI=1S/C23H28N6O2/c24-20-27-21(25)29(23(28-20)13-5-2-6-14-23)19-11-9-17(10-12-19)15-26-22(30)31-16-18-7-3-1-4-8-18/h1,3-4,7-12H,2,5-6,13-16H2,(H,26,30)(H4,24,25,27,28). The first-order valence-electron chi connectivity index (χ1n) is 10.6. The number of anilines is 1. The Morgan fingerprint density at radius 3 is 2.42 bits per heavy atom. The van der Waals surface area contributed by atoms with Gasteiger partial charge in [0.1, 0.15) is 12.3 Å². The lowest BCUT2D eigenvalue weighted by atomic mass is 9.87. The van der Waals surface area contributed by atoms with Gasteiger partial charge in [0, 0.05) is 12.2 Å². The molecule has 4 rings (SSSR count). The number of benzene rings is 2. The molecule has 1 aliphatic heterocycles. The first-order valence-corrected chi connectivity index (χ1v) is 10.6. The lowest BCUT2D eigenvalue weighted by Gasteiger charge is -2.45. The third-order valence-corrected chi connectivity index (χ3v) is 5.70. The zero-order chi connectivity index (χ0) is 21.7.